The molecule has 0 aromatic carbocycles. The minimum absolute atomic E-state index is 0.161. The van der Waals surface area contributed by atoms with E-state index in [1.165, 1.54) is 0 Å². The van der Waals surface area contributed by atoms with Crippen LogP contribution in [0.5, 0.6) is 0 Å². The summed E-state index contributed by atoms with van der Waals surface area (Å²) in [5.41, 5.74) is 4.76. The number of urea groups is 1. The predicted molar refractivity (Wildman–Crippen MR) is 79.9 cm³/mol. The number of amides is 3. The molecule has 0 bridgehead atoms. The second-order valence-corrected chi connectivity index (χ2v) is 6.47. The third-order valence-electron chi connectivity index (χ3n) is 3.64. The summed E-state index contributed by atoms with van der Waals surface area (Å²) in [5, 5.41) is 2.55. The zero-order valence-electron chi connectivity index (χ0n) is 13.2. The zero-order chi connectivity index (χ0) is 16.3. The van der Waals surface area contributed by atoms with Gasteiger partial charge in [0, 0.05) is 6.54 Å². The molecule has 1 aromatic heterocycles. The molecule has 0 spiro atoms. The van der Waals surface area contributed by atoms with E-state index in [4.69, 9.17) is 14.9 Å². The largest absolute Gasteiger partial charge is 0.467 e. The Kier molecular flexibility index (Phi) is 4.75. The number of carbonyl (C=O) groups excluding carboxylic acids is 2. The van der Waals surface area contributed by atoms with Crippen molar-refractivity contribution in [3.8, 4) is 0 Å². The van der Waals surface area contributed by atoms with Crippen LogP contribution in [0.1, 0.15) is 32.6 Å². The van der Waals surface area contributed by atoms with Gasteiger partial charge in [0.2, 0.25) is 5.91 Å². The molecule has 2 atom stereocenters. The van der Waals surface area contributed by atoms with Gasteiger partial charge in [0.15, 0.2) is 0 Å². The number of rotatable bonds is 3. The van der Waals surface area contributed by atoms with Crippen molar-refractivity contribution in [1.29, 1.82) is 0 Å². The molecule has 1 saturated heterocycles. The van der Waals surface area contributed by atoms with Crippen molar-refractivity contribution in [2.75, 3.05) is 19.7 Å². The SMILES string of the molecule is CC(C)(C)C(NC(N)=O)C(=O)N1CCOC(c2ccco2)C1. The minimum Gasteiger partial charge on any atom is -0.467 e. The lowest BCUT2D eigenvalue weighted by atomic mass is 9.85. The maximum absolute atomic E-state index is 12.8. The van der Waals surface area contributed by atoms with Crippen LogP contribution in [0.3, 0.4) is 0 Å². The highest BCUT2D eigenvalue weighted by atomic mass is 16.5. The molecule has 1 aromatic rings. The molecule has 22 heavy (non-hydrogen) atoms. The van der Waals surface area contributed by atoms with Gasteiger partial charge in [0.25, 0.3) is 0 Å². The van der Waals surface area contributed by atoms with E-state index >= 15 is 0 Å². The van der Waals surface area contributed by atoms with Crippen molar-refractivity contribution in [2.24, 2.45) is 11.1 Å². The summed E-state index contributed by atoms with van der Waals surface area (Å²) in [6.45, 7) is 6.94. The van der Waals surface area contributed by atoms with Gasteiger partial charge < -0.3 is 25.1 Å². The van der Waals surface area contributed by atoms with Crippen molar-refractivity contribution in [3.63, 3.8) is 0 Å². The van der Waals surface area contributed by atoms with E-state index in [0.717, 1.165) is 0 Å². The van der Waals surface area contributed by atoms with E-state index in [2.05, 4.69) is 5.32 Å². The summed E-state index contributed by atoms with van der Waals surface area (Å²) >= 11 is 0. The third kappa shape index (κ3) is 3.79. The molecule has 7 nitrogen and oxygen atoms in total. The number of hydrogen-bond donors (Lipinski definition) is 2. The van der Waals surface area contributed by atoms with Crippen LogP contribution in [0.25, 0.3) is 0 Å². The van der Waals surface area contributed by atoms with Crippen molar-refractivity contribution in [3.05, 3.63) is 24.2 Å². The number of nitrogens with zero attached hydrogens (tertiary/aromatic N) is 1. The van der Waals surface area contributed by atoms with Crippen molar-refractivity contribution in [2.45, 2.75) is 32.9 Å². The number of morpholine rings is 1. The molecule has 1 fully saturated rings. The first-order valence-corrected chi connectivity index (χ1v) is 7.29. The molecule has 2 rings (SSSR count). The smallest absolute Gasteiger partial charge is 0.312 e. The van der Waals surface area contributed by atoms with Gasteiger partial charge in [0.1, 0.15) is 17.9 Å². The first kappa shape index (κ1) is 16.4. The molecule has 3 N–H and O–H groups in total. The maximum atomic E-state index is 12.8. The highest BCUT2D eigenvalue weighted by molar-refractivity contribution is 5.87. The van der Waals surface area contributed by atoms with Crippen LogP contribution >= 0.6 is 0 Å². The summed E-state index contributed by atoms with van der Waals surface area (Å²) < 4.78 is 11.0. The van der Waals surface area contributed by atoms with Crippen molar-refractivity contribution in [1.82, 2.24) is 10.2 Å². The topological polar surface area (TPSA) is 97.8 Å². The lowest BCUT2D eigenvalue weighted by Crippen LogP contribution is -2.57. The van der Waals surface area contributed by atoms with E-state index in [-0.39, 0.29) is 12.0 Å². The summed E-state index contributed by atoms with van der Waals surface area (Å²) in [7, 11) is 0. The molecule has 0 radical (unpaired) electrons. The average Bonchev–Trinajstić information content (AvgIpc) is 2.97. The van der Waals surface area contributed by atoms with Crippen LogP contribution in [0.4, 0.5) is 4.79 Å². The summed E-state index contributed by atoms with van der Waals surface area (Å²) in [5.74, 6) is 0.527. The lowest BCUT2D eigenvalue weighted by molar-refractivity contribution is -0.144. The summed E-state index contributed by atoms with van der Waals surface area (Å²) in [6.07, 6.45) is 1.29. The van der Waals surface area contributed by atoms with Crippen LogP contribution in [-0.2, 0) is 9.53 Å². The monoisotopic (exact) mass is 309 g/mol. The highest BCUT2D eigenvalue weighted by Crippen LogP contribution is 2.26. The number of nitrogens with one attached hydrogen (secondary N) is 1. The average molecular weight is 309 g/mol. The van der Waals surface area contributed by atoms with Gasteiger partial charge in [-0.05, 0) is 17.5 Å². The fraction of sp³-hybridized carbons (Fsp3) is 0.600. The first-order valence-electron chi connectivity index (χ1n) is 7.29. The Balaban J connectivity index is 2.11. The molecule has 122 valence electrons. The zero-order valence-corrected chi connectivity index (χ0v) is 13.2. The maximum Gasteiger partial charge on any atom is 0.312 e. The number of primary amides is 1. The molecule has 2 unspecified atom stereocenters. The normalized spacial score (nSPS) is 20.5. The van der Waals surface area contributed by atoms with Crippen molar-refractivity contribution >= 4 is 11.9 Å². The van der Waals surface area contributed by atoms with Crippen LogP contribution in [0.15, 0.2) is 22.8 Å². The fourth-order valence-corrected chi connectivity index (χ4v) is 2.47. The van der Waals surface area contributed by atoms with E-state index in [9.17, 15) is 9.59 Å². The third-order valence-corrected chi connectivity index (χ3v) is 3.64. The molecule has 0 aliphatic carbocycles. The molecule has 2 heterocycles. The fourth-order valence-electron chi connectivity index (χ4n) is 2.47. The minimum atomic E-state index is -0.705. The van der Waals surface area contributed by atoms with Gasteiger partial charge in [0.05, 0.1) is 19.4 Å². The number of carbonyl (C=O) groups is 2. The Morgan fingerprint density at radius 1 is 1.45 bits per heavy atom. The van der Waals surface area contributed by atoms with E-state index in [1.54, 1.807) is 17.2 Å². The lowest BCUT2D eigenvalue weighted by Gasteiger charge is -2.38. The van der Waals surface area contributed by atoms with Gasteiger partial charge in [-0.3, -0.25) is 4.79 Å². The van der Waals surface area contributed by atoms with Gasteiger partial charge in [-0.1, -0.05) is 20.8 Å². The standard InChI is InChI=1S/C15H23N3O4/c1-15(2,3)12(17-14(16)20)13(19)18-6-8-22-11(9-18)10-5-4-7-21-10/h4-5,7,11-12H,6,8-9H2,1-3H3,(H3,16,17,20). The second-order valence-electron chi connectivity index (χ2n) is 6.47. The van der Waals surface area contributed by atoms with E-state index < -0.39 is 17.5 Å². The Bertz CT molecular complexity index is 521. The predicted octanol–water partition coefficient (Wildman–Crippen LogP) is 1.26. The summed E-state index contributed by atoms with van der Waals surface area (Å²) in [6, 6.07) is 2.22. The van der Waals surface area contributed by atoms with Gasteiger partial charge in [-0.15, -0.1) is 0 Å². The summed E-state index contributed by atoms with van der Waals surface area (Å²) in [4.78, 5) is 25.6. The Morgan fingerprint density at radius 2 is 2.18 bits per heavy atom. The van der Waals surface area contributed by atoms with Crippen molar-refractivity contribution < 1.29 is 18.7 Å². The quantitative estimate of drug-likeness (QED) is 0.878. The number of ether oxygens (including phenoxy) is 1. The highest BCUT2D eigenvalue weighted by Gasteiger charge is 2.37. The van der Waals surface area contributed by atoms with E-state index in [1.807, 2.05) is 26.8 Å². The van der Waals surface area contributed by atoms with Crippen LogP contribution in [-0.4, -0.2) is 42.6 Å². The van der Waals surface area contributed by atoms with Crippen LogP contribution in [0, 0.1) is 5.41 Å². The van der Waals surface area contributed by atoms with Crippen LogP contribution in [0.2, 0.25) is 0 Å². The molecular weight excluding hydrogens is 286 g/mol. The first-order chi connectivity index (χ1) is 10.3. The van der Waals surface area contributed by atoms with E-state index in [0.29, 0.717) is 25.5 Å². The Labute approximate surface area is 129 Å². The molecule has 1 aliphatic rings. The molecular formula is C15H23N3O4. The number of furan rings is 1. The molecule has 3 amide bonds. The van der Waals surface area contributed by atoms with Gasteiger partial charge in [-0.2, -0.15) is 0 Å². The van der Waals surface area contributed by atoms with Gasteiger partial charge >= 0.3 is 6.03 Å². The van der Waals surface area contributed by atoms with Crippen LogP contribution < -0.4 is 11.1 Å². The molecule has 7 heteroatoms. The Morgan fingerprint density at radius 3 is 2.73 bits per heavy atom. The number of hydrogen-bond acceptors (Lipinski definition) is 4. The second kappa shape index (κ2) is 6.39. The number of nitrogens with two attached hydrogens (primary N) is 1. The molecule has 1 aliphatic heterocycles. The Hall–Kier alpha value is -2.02. The van der Waals surface area contributed by atoms with Gasteiger partial charge in [-0.25, -0.2) is 4.79 Å². The molecule has 0 saturated carbocycles.